The number of nitrogens with zero attached hydrogens (tertiary/aromatic N) is 2. The minimum absolute atomic E-state index is 0.0676. The number of carboxylic acids is 1. The normalized spacial score (nSPS) is 22.4. The highest BCUT2D eigenvalue weighted by Crippen LogP contribution is 2.20. The smallest absolute Gasteiger partial charge is 0.334 e. The van der Waals surface area contributed by atoms with Crippen LogP contribution in [0.25, 0.3) is 0 Å². The van der Waals surface area contributed by atoms with Crippen LogP contribution in [-0.2, 0) is 23.9 Å². The fourth-order valence-electron chi connectivity index (χ4n) is 3.40. The molecule has 0 radical (unpaired) electrons. The summed E-state index contributed by atoms with van der Waals surface area (Å²) in [4.78, 5) is 51.3. The van der Waals surface area contributed by atoms with Gasteiger partial charge in [-0.05, 0) is 25.0 Å². The lowest BCUT2D eigenvalue weighted by atomic mass is 9.97. The molecule has 9 nitrogen and oxygen atoms in total. The Kier molecular flexibility index (Phi) is 6.25. The van der Waals surface area contributed by atoms with Gasteiger partial charge in [0.2, 0.25) is 5.91 Å². The topological polar surface area (TPSA) is 116 Å². The van der Waals surface area contributed by atoms with Crippen molar-refractivity contribution in [1.82, 2.24) is 9.80 Å². The predicted molar refractivity (Wildman–Crippen MR) is 98.3 cm³/mol. The molecule has 0 spiro atoms. The first-order valence-corrected chi connectivity index (χ1v) is 9.24. The number of likely N-dealkylation sites (tertiary alicyclic amines) is 1. The molecule has 2 unspecified atom stereocenters. The summed E-state index contributed by atoms with van der Waals surface area (Å²) in [7, 11) is 0. The van der Waals surface area contributed by atoms with Crippen LogP contribution in [0.4, 0.5) is 5.69 Å². The van der Waals surface area contributed by atoms with Gasteiger partial charge in [0.15, 0.2) is 6.10 Å². The number of hydrogen-bond donors (Lipinski definition) is 2. The van der Waals surface area contributed by atoms with Gasteiger partial charge in [-0.3, -0.25) is 14.4 Å². The zero-order valence-electron chi connectivity index (χ0n) is 15.4. The number of amides is 3. The summed E-state index contributed by atoms with van der Waals surface area (Å²) in [6, 6.07) is 9.05. The summed E-state index contributed by atoms with van der Waals surface area (Å²) in [5.74, 6) is -3.21. The first-order chi connectivity index (χ1) is 13.5. The third-order valence-electron chi connectivity index (χ3n) is 4.93. The van der Waals surface area contributed by atoms with Crippen LogP contribution >= 0.6 is 0 Å². The highest BCUT2D eigenvalue weighted by atomic mass is 16.5. The first-order valence-electron chi connectivity index (χ1n) is 9.24. The molecule has 0 aromatic heterocycles. The standard InChI is InChI=1S/C19H23N3O6/c23-16(20-14-6-2-1-3-7-14)13-5-4-8-21(11-13)17(24)18(25)22-9-10-28-15(12-22)19(26)27/h1-3,6-7,13,15H,4-5,8-12H2,(H,20,23)(H,26,27). The number of morpholine rings is 1. The molecule has 150 valence electrons. The second kappa shape index (κ2) is 8.83. The molecule has 0 aliphatic carbocycles. The number of para-hydroxylation sites is 1. The van der Waals surface area contributed by atoms with Gasteiger partial charge >= 0.3 is 17.8 Å². The van der Waals surface area contributed by atoms with Crippen molar-refractivity contribution in [3.05, 3.63) is 30.3 Å². The number of piperidine rings is 1. The van der Waals surface area contributed by atoms with Crippen LogP contribution in [0.5, 0.6) is 0 Å². The summed E-state index contributed by atoms with van der Waals surface area (Å²) in [5.41, 5.74) is 0.681. The molecule has 2 heterocycles. The molecule has 0 bridgehead atoms. The molecule has 3 amide bonds. The lowest BCUT2D eigenvalue weighted by molar-refractivity contribution is -0.164. The van der Waals surface area contributed by atoms with E-state index in [2.05, 4.69) is 5.32 Å². The number of rotatable bonds is 3. The molecule has 2 saturated heterocycles. The van der Waals surface area contributed by atoms with E-state index < -0.39 is 29.8 Å². The third kappa shape index (κ3) is 4.66. The monoisotopic (exact) mass is 389 g/mol. The van der Waals surface area contributed by atoms with Gasteiger partial charge in [-0.15, -0.1) is 0 Å². The second-order valence-electron chi connectivity index (χ2n) is 6.89. The third-order valence-corrected chi connectivity index (χ3v) is 4.93. The largest absolute Gasteiger partial charge is 0.479 e. The van der Waals surface area contributed by atoms with Crippen LogP contribution in [-0.4, -0.2) is 77.5 Å². The lowest BCUT2D eigenvalue weighted by Gasteiger charge is -2.35. The van der Waals surface area contributed by atoms with Gasteiger partial charge in [-0.25, -0.2) is 4.79 Å². The summed E-state index contributed by atoms with van der Waals surface area (Å²) in [5, 5.41) is 11.9. The van der Waals surface area contributed by atoms with E-state index in [1.54, 1.807) is 12.1 Å². The number of ether oxygens (including phenoxy) is 1. The Morgan fingerprint density at radius 2 is 1.68 bits per heavy atom. The quantitative estimate of drug-likeness (QED) is 0.712. The Morgan fingerprint density at radius 3 is 2.36 bits per heavy atom. The van der Waals surface area contributed by atoms with E-state index in [4.69, 9.17) is 9.84 Å². The molecule has 3 rings (SSSR count). The summed E-state index contributed by atoms with van der Waals surface area (Å²) in [6.45, 7) is 0.631. The van der Waals surface area contributed by atoms with Gasteiger partial charge in [-0.2, -0.15) is 0 Å². The number of carbonyl (C=O) groups excluding carboxylic acids is 3. The Labute approximate surface area is 162 Å². The van der Waals surface area contributed by atoms with E-state index in [1.807, 2.05) is 18.2 Å². The van der Waals surface area contributed by atoms with E-state index in [1.165, 1.54) is 9.80 Å². The van der Waals surface area contributed by atoms with Gasteiger partial charge in [0, 0.05) is 25.3 Å². The minimum Gasteiger partial charge on any atom is -0.479 e. The molecule has 2 atom stereocenters. The number of anilines is 1. The maximum atomic E-state index is 12.6. The summed E-state index contributed by atoms with van der Waals surface area (Å²) < 4.78 is 5.08. The van der Waals surface area contributed by atoms with Crippen molar-refractivity contribution < 1.29 is 29.0 Å². The van der Waals surface area contributed by atoms with Gasteiger partial charge in [0.25, 0.3) is 0 Å². The van der Waals surface area contributed by atoms with Crippen molar-refractivity contribution in [2.45, 2.75) is 18.9 Å². The number of aliphatic carboxylic acids is 1. The van der Waals surface area contributed by atoms with Gasteiger partial charge in [-0.1, -0.05) is 18.2 Å². The van der Waals surface area contributed by atoms with E-state index in [0.29, 0.717) is 25.1 Å². The fourth-order valence-corrected chi connectivity index (χ4v) is 3.40. The summed E-state index contributed by atoms with van der Waals surface area (Å²) >= 11 is 0. The van der Waals surface area contributed by atoms with Crippen molar-refractivity contribution in [3.63, 3.8) is 0 Å². The van der Waals surface area contributed by atoms with E-state index in [0.717, 1.165) is 0 Å². The molecule has 28 heavy (non-hydrogen) atoms. The lowest BCUT2D eigenvalue weighted by Crippen LogP contribution is -2.55. The van der Waals surface area contributed by atoms with Crippen LogP contribution in [0, 0.1) is 5.92 Å². The van der Waals surface area contributed by atoms with Crippen LogP contribution in [0.2, 0.25) is 0 Å². The van der Waals surface area contributed by atoms with Crippen molar-refractivity contribution in [3.8, 4) is 0 Å². The summed E-state index contributed by atoms with van der Waals surface area (Å²) in [6.07, 6.45) is 0.124. The average Bonchev–Trinajstić information content (AvgIpc) is 2.73. The Hall–Kier alpha value is -2.94. The fraction of sp³-hybridized carbons (Fsp3) is 0.474. The highest BCUT2D eigenvalue weighted by Gasteiger charge is 2.36. The van der Waals surface area contributed by atoms with E-state index in [-0.39, 0.29) is 32.1 Å². The zero-order valence-corrected chi connectivity index (χ0v) is 15.4. The molecule has 1 aromatic carbocycles. The number of hydrogen-bond acceptors (Lipinski definition) is 5. The molecule has 2 fully saturated rings. The zero-order chi connectivity index (χ0) is 20.1. The van der Waals surface area contributed by atoms with Gasteiger partial charge in [0.05, 0.1) is 19.1 Å². The number of benzene rings is 1. The van der Waals surface area contributed by atoms with E-state index in [9.17, 15) is 19.2 Å². The SMILES string of the molecule is O=C(Nc1ccccc1)C1CCCN(C(=O)C(=O)N2CCOC(C(=O)O)C2)C1. The molecular weight excluding hydrogens is 366 g/mol. The molecule has 2 N–H and O–H groups in total. The molecule has 2 aliphatic rings. The van der Waals surface area contributed by atoms with Gasteiger partial charge in [0.1, 0.15) is 0 Å². The predicted octanol–water partition coefficient (Wildman–Crippen LogP) is 0.176. The first kappa shape index (κ1) is 19.8. The number of carbonyl (C=O) groups is 4. The van der Waals surface area contributed by atoms with Crippen LogP contribution in [0.15, 0.2) is 30.3 Å². The molecule has 9 heteroatoms. The molecular formula is C19H23N3O6. The van der Waals surface area contributed by atoms with Crippen molar-refractivity contribution >= 4 is 29.4 Å². The Bertz CT molecular complexity index is 753. The Morgan fingerprint density at radius 1 is 1.00 bits per heavy atom. The molecule has 1 aromatic rings. The maximum absolute atomic E-state index is 12.6. The van der Waals surface area contributed by atoms with Crippen molar-refractivity contribution in [2.24, 2.45) is 5.92 Å². The minimum atomic E-state index is -1.17. The van der Waals surface area contributed by atoms with Crippen molar-refractivity contribution in [2.75, 3.05) is 38.1 Å². The van der Waals surface area contributed by atoms with Gasteiger partial charge < -0.3 is 25.0 Å². The van der Waals surface area contributed by atoms with Crippen LogP contribution in [0.3, 0.4) is 0 Å². The number of nitrogens with one attached hydrogen (secondary N) is 1. The van der Waals surface area contributed by atoms with Crippen LogP contribution < -0.4 is 5.32 Å². The molecule has 2 aliphatic heterocycles. The maximum Gasteiger partial charge on any atom is 0.334 e. The average molecular weight is 389 g/mol. The Balaban J connectivity index is 1.58. The second-order valence-corrected chi connectivity index (χ2v) is 6.89. The highest BCUT2D eigenvalue weighted by molar-refractivity contribution is 6.35. The van der Waals surface area contributed by atoms with E-state index >= 15 is 0 Å². The van der Waals surface area contributed by atoms with Crippen molar-refractivity contribution in [1.29, 1.82) is 0 Å². The van der Waals surface area contributed by atoms with Crippen LogP contribution in [0.1, 0.15) is 12.8 Å². The molecule has 0 saturated carbocycles. The number of carboxylic acid groups (broad SMARTS) is 1.